The Balaban J connectivity index is 2.90. The maximum atomic E-state index is 11.6. The van der Waals surface area contributed by atoms with Crippen LogP contribution in [0.2, 0.25) is 0 Å². The Hall–Kier alpha value is -1.25. The van der Waals surface area contributed by atoms with Gasteiger partial charge in [0, 0.05) is 24.4 Å². The highest BCUT2D eigenvalue weighted by Crippen LogP contribution is 2.25. The molecule has 1 rings (SSSR count). The number of esters is 1. The molecule has 0 bridgehead atoms. The minimum Gasteiger partial charge on any atom is -0.463 e. The standard InChI is InChI=1S/C12H19NO2/c1-5-13-9(3)7-8-11(10(13)4)12(14)15-6-2/h7H,5-6,8H2,1-4H3. The first-order valence-electron chi connectivity index (χ1n) is 5.43. The lowest BCUT2D eigenvalue weighted by molar-refractivity contribution is -0.138. The van der Waals surface area contributed by atoms with Crippen molar-refractivity contribution in [1.29, 1.82) is 0 Å². The lowest BCUT2D eigenvalue weighted by Gasteiger charge is -2.30. The Morgan fingerprint density at radius 3 is 2.67 bits per heavy atom. The molecule has 0 aromatic rings. The van der Waals surface area contributed by atoms with E-state index in [0.29, 0.717) is 13.0 Å². The van der Waals surface area contributed by atoms with Crippen molar-refractivity contribution in [2.75, 3.05) is 13.2 Å². The van der Waals surface area contributed by atoms with E-state index in [1.165, 1.54) is 5.70 Å². The molecule has 0 spiro atoms. The van der Waals surface area contributed by atoms with Gasteiger partial charge in [-0.15, -0.1) is 0 Å². The summed E-state index contributed by atoms with van der Waals surface area (Å²) >= 11 is 0. The Kier molecular flexibility index (Phi) is 3.95. The second kappa shape index (κ2) is 5.01. The van der Waals surface area contributed by atoms with Crippen LogP contribution in [0, 0.1) is 0 Å². The van der Waals surface area contributed by atoms with Crippen molar-refractivity contribution in [1.82, 2.24) is 4.90 Å². The molecular weight excluding hydrogens is 190 g/mol. The molecule has 0 saturated heterocycles. The monoisotopic (exact) mass is 209 g/mol. The highest BCUT2D eigenvalue weighted by atomic mass is 16.5. The fraction of sp³-hybridized carbons (Fsp3) is 0.583. The van der Waals surface area contributed by atoms with E-state index in [1.807, 2.05) is 13.8 Å². The number of hydrogen-bond donors (Lipinski definition) is 0. The Morgan fingerprint density at radius 1 is 1.47 bits per heavy atom. The molecule has 15 heavy (non-hydrogen) atoms. The molecule has 3 heteroatoms. The molecule has 0 unspecified atom stereocenters. The largest absolute Gasteiger partial charge is 0.463 e. The number of ether oxygens (including phenoxy) is 1. The third-order valence-corrected chi connectivity index (χ3v) is 2.71. The SMILES string of the molecule is CCOC(=O)C1=C(C)N(CC)C(C)=CC1. The van der Waals surface area contributed by atoms with Crippen LogP contribution in [-0.4, -0.2) is 24.0 Å². The Morgan fingerprint density at radius 2 is 2.13 bits per heavy atom. The predicted molar refractivity (Wildman–Crippen MR) is 60.1 cm³/mol. The van der Waals surface area contributed by atoms with Crippen molar-refractivity contribution in [3.63, 3.8) is 0 Å². The van der Waals surface area contributed by atoms with Gasteiger partial charge in [-0.3, -0.25) is 0 Å². The third-order valence-electron chi connectivity index (χ3n) is 2.71. The number of hydrogen-bond acceptors (Lipinski definition) is 3. The highest BCUT2D eigenvalue weighted by Gasteiger charge is 2.21. The van der Waals surface area contributed by atoms with E-state index >= 15 is 0 Å². The molecule has 84 valence electrons. The molecule has 1 heterocycles. The van der Waals surface area contributed by atoms with E-state index < -0.39 is 0 Å². The fourth-order valence-corrected chi connectivity index (χ4v) is 1.87. The molecule has 1 aliphatic rings. The minimum absolute atomic E-state index is 0.183. The van der Waals surface area contributed by atoms with Crippen LogP contribution in [0.15, 0.2) is 23.0 Å². The Labute approximate surface area is 91.4 Å². The average Bonchev–Trinajstić information content (AvgIpc) is 2.18. The molecule has 0 atom stereocenters. The number of carbonyl (C=O) groups is 1. The molecule has 0 N–H and O–H groups in total. The van der Waals surface area contributed by atoms with Gasteiger partial charge in [0.2, 0.25) is 0 Å². The zero-order valence-electron chi connectivity index (χ0n) is 9.96. The number of carbonyl (C=O) groups excluding carboxylic acids is 1. The predicted octanol–water partition coefficient (Wildman–Crippen LogP) is 2.45. The molecule has 0 saturated carbocycles. The van der Waals surface area contributed by atoms with Gasteiger partial charge in [-0.2, -0.15) is 0 Å². The topological polar surface area (TPSA) is 29.5 Å². The molecule has 3 nitrogen and oxygen atoms in total. The molecule has 0 fully saturated rings. The van der Waals surface area contributed by atoms with Crippen molar-refractivity contribution in [2.24, 2.45) is 0 Å². The molecule has 1 aliphatic heterocycles. The maximum Gasteiger partial charge on any atom is 0.336 e. The van der Waals surface area contributed by atoms with Gasteiger partial charge >= 0.3 is 5.97 Å². The van der Waals surface area contributed by atoms with Crippen LogP contribution in [0.5, 0.6) is 0 Å². The van der Waals surface area contributed by atoms with Crippen LogP contribution >= 0.6 is 0 Å². The van der Waals surface area contributed by atoms with Crippen LogP contribution in [0.3, 0.4) is 0 Å². The average molecular weight is 209 g/mol. The third kappa shape index (κ3) is 2.41. The summed E-state index contributed by atoms with van der Waals surface area (Å²) in [4.78, 5) is 13.8. The Bertz CT molecular complexity index is 316. The quantitative estimate of drug-likeness (QED) is 0.669. The summed E-state index contributed by atoms with van der Waals surface area (Å²) < 4.78 is 5.03. The summed E-state index contributed by atoms with van der Waals surface area (Å²) in [5, 5.41) is 0. The zero-order chi connectivity index (χ0) is 11.4. The van der Waals surface area contributed by atoms with E-state index in [1.54, 1.807) is 0 Å². The number of rotatable bonds is 3. The van der Waals surface area contributed by atoms with Gasteiger partial charge in [0.15, 0.2) is 0 Å². The summed E-state index contributed by atoms with van der Waals surface area (Å²) in [6.07, 6.45) is 2.76. The molecule has 0 aromatic carbocycles. The van der Waals surface area contributed by atoms with E-state index in [0.717, 1.165) is 17.8 Å². The highest BCUT2D eigenvalue weighted by molar-refractivity contribution is 5.89. The van der Waals surface area contributed by atoms with Crippen molar-refractivity contribution in [2.45, 2.75) is 34.1 Å². The van der Waals surface area contributed by atoms with Crippen molar-refractivity contribution in [3.8, 4) is 0 Å². The number of nitrogens with zero attached hydrogens (tertiary/aromatic N) is 1. The normalized spacial score (nSPS) is 16.5. The van der Waals surface area contributed by atoms with Crippen molar-refractivity contribution < 1.29 is 9.53 Å². The van der Waals surface area contributed by atoms with Gasteiger partial charge in [0.1, 0.15) is 0 Å². The van der Waals surface area contributed by atoms with E-state index in [2.05, 4.69) is 24.8 Å². The lowest BCUT2D eigenvalue weighted by Crippen LogP contribution is -2.26. The second-order valence-electron chi connectivity index (χ2n) is 3.58. The fourth-order valence-electron chi connectivity index (χ4n) is 1.87. The van der Waals surface area contributed by atoms with Gasteiger partial charge in [0.25, 0.3) is 0 Å². The summed E-state index contributed by atoms with van der Waals surface area (Å²) in [5.41, 5.74) is 3.02. The van der Waals surface area contributed by atoms with Crippen molar-refractivity contribution in [3.05, 3.63) is 23.0 Å². The summed E-state index contributed by atoms with van der Waals surface area (Å²) in [6.45, 7) is 9.27. The van der Waals surface area contributed by atoms with Crippen LogP contribution < -0.4 is 0 Å². The first-order chi connectivity index (χ1) is 7.11. The zero-order valence-corrected chi connectivity index (χ0v) is 9.96. The van der Waals surface area contributed by atoms with Gasteiger partial charge < -0.3 is 9.64 Å². The molecule has 0 radical (unpaired) electrons. The summed E-state index contributed by atoms with van der Waals surface area (Å²) in [5.74, 6) is -0.183. The first-order valence-corrected chi connectivity index (χ1v) is 5.43. The van der Waals surface area contributed by atoms with E-state index in [-0.39, 0.29) is 5.97 Å². The minimum atomic E-state index is -0.183. The first kappa shape index (κ1) is 11.8. The van der Waals surface area contributed by atoms with Crippen LogP contribution in [0.4, 0.5) is 0 Å². The van der Waals surface area contributed by atoms with E-state index in [4.69, 9.17) is 4.74 Å². The molecule has 0 aromatic heterocycles. The lowest BCUT2D eigenvalue weighted by atomic mass is 10.0. The van der Waals surface area contributed by atoms with Gasteiger partial charge in [0.05, 0.1) is 12.2 Å². The molecular formula is C12H19NO2. The maximum absolute atomic E-state index is 11.6. The smallest absolute Gasteiger partial charge is 0.336 e. The number of allylic oxidation sites excluding steroid dienone is 3. The second-order valence-corrected chi connectivity index (χ2v) is 3.58. The van der Waals surface area contributed by atoms with Gasteiger partial charge in [-0.1, -0.05) is 6.08 Å². The summed E-state index contributed by atoms with van der Waals surface area (Å²) in [6, 6.07) is 0. The van der Waals surface area contributed by atoms with Crippen LogP contribution in [-0.2, 0) is 9.53 Å². The van der Waals surface area contributed by atoms with Crippen LogP contribution in [0.1, 0.15) is 34.1 Å². The van der Waals surface area contributed by atoms with Crippen LogP contribution in [0.25, 0.3) is 0 Å². The van der Waals surface area contributed by atoms with E-state index in [9.17, 15) is 4.79 Å². The summed E-state index contributed by atoms with van der Waals surface area (Å²) in [7, 11) is 0. The van der Waals surface area contributed by atoms with Crippen molar-refractivity contribution >= 4 is 5.97 Å². The molecule has 0 amide bonds. The van der Waals surface area contributed by atoms with Gasteiger partial charge in [-0.05, 0) is 27.7 Å². The molecule has 0 aliphatic carbocycles. The van der Waals surface area contributed by atoms with Gasteiger partial charge in [-0.25, -0.2) is 4.79 Å².